The minimum atomic E-state index is -4.11. The van der Waals surface area contributed by atoms with Gasteiger partial charge in [0, 0.05) is 26.2 Å². The number of ether oxygens (including phenoxy) is 2. The summed E-state index contributed by atoms with van der Waals surface area (Å²) in [6.45, 7) is 5.58. The van der Waals surface area contributed by atoms with E-state index < -0.39 is 33.7 Å². The van der Waals surface area contributed by atoms with Crippen LogP contribution in [-0.4, -0.2) is 68.6 Å². The van der Waals surface area contributed by atoms with E-state index in [1.165, 1.54) is 40.6 Å². The Kier molecular flexibility index (Phi) is 8.48. The van der Waals surface area contributed by atoms with Crippen molar-refractivity contribution in [3.8, 4) is 0 Å². The Morgan fingerprint density at radius 2 is 1.67 bits per heavy atom. The van der Waals surface area contributed by atoms with Crippen LogP contribution in [-0.2, 0) is 26.2 Å². The number of anilines is 1. The van der Waals surface area contributed by atoms with E-state index in [4.69, 9.17) is 21.1 Å². The second kappa shape index (κ2) is 11.0. The molecule has 1 saturated heterocycles. The minimum absolute atomic E-state index is 0.0499. The second-order valence-corrected chi connectivity index (χ2v) is 11.4. The van der Waals surface area contributed by atoms with Gasteiger partial charge in [-0.05, 0) is 56.7 Å². The summed E-state index contributed by atoms with van der Waals surface area (Å²) in [7, 11) is -2.84. The van der Waals surface area contributed by atoms with Crippen molar-refractivity contribution in [3.05, 3.63) is 64.4 Å². The summed E-state index contributed by atoms with van der Waals surface area (Å²) in [6.07, 6.45) is -0.507. The summed E-state index contributed by atoms with van der Waals surface area (Å²) in [4.78, 5) is 25.6. The van der Waals surface area contributed by atoms with E-state index in [2.05, 4.69) is 0 Å². The molecular formula is C24H29ClFN3O6S. The van der Waals surface area contributed by atoms with E-state index in [1.807, 2.05) is 0 Å². The fourth-order valence-electron chi connectivity index (χ4n) is 3.54. The van der Waals surface area contributed by atoms with Gasteiger partial charge in [-0.15, -0.1) is 0 Å². The molecule has 0 radical (unpaired) electrons. The molecule has 1 aliphatic rings. The van der Waals surface area contributed by atoms with Crippen LogP contribution in [0.1, 0.15) is 36.7 Å². The van der Waals surface area contributed by atoms with E-state index in [0.717, 1.165) is 10.4 Å². The fraction of sp³-hybridized carbons (Fsp3) is 0.417. The Balaban J connectivity index is 1.85. The predicted molar refractivity (Wildman–Crippen MR) is 134 cm³/mol. The normalized spacial score (nSPS) is 14.9. The first-order valence-corrected chi connectivity index (χ1v) is 13.0. The number of amides is 1. The van der Waals surface area contributed by atoms with Gasteiger partial charge in [-0.2, -0.15) is 12.7 Å². The molecule has 1 amide bonds. The molecule has 3 rings (SSSR count). The topological polar surface area (TPSA) is 96.5 Å². The summed E-state index contributed by atoms with van der Waals surface area (Å²) in [5.74, 6) is -1.19. The number of benzene rings is 2. The molecule has 12 heteroatoms. The quantitative estimate of drug-likeness (QED) is 0.511. The maximum Gasteiger partial charge on any atom is 0.410 e. The average molecular weight is 542 g/mol. The summed E-state index contributed by atoms with van der Waals surface area (Å²) in [6, 6.07) is 9.96. The lowest BCUT2D eigenvalue weighted by molar-refractivity contribution is 0.0192. The van der Waals surface area contributed by atoms with Gasteiger partial charge >= 0.3 is 22.3 Å². The highest BCUT2D eigenvalue weighted by Gasteiger charge is 2.35. The van der Waals surface area contributed by atoms with Crippen molar-refractivity contribution < 1.29 is 31.9 Å². The van der Waals surface area contributed by atoms with Gasteiger partial charge in [0.25, 0.3) is 0 Å². The zero-order chi connectivity index (χ0) is 26.7. The molecule has 0 aromatic heterocycles. The molecule has 0 saturated carbocycles. The number of carbonyl (C=O) groups is 2. The van der Waals surface area contributed by atoms with Crippen molar-refractivity contribution in [2.24, 2.45) is 0 Å². The Labute approximate surface area is 215 Å². The molecule has 0 bridgehead atoms. The number of halogens is 2. The Hall–Kier alpha value is -2.89. The van der Waals surface area contributed by atoms with Crippen LogP contribution in [0.4, 0.5) is 14.9 Å². The molecule has 1 heterocycles. The summed E-state index contributed by atoms with van der Waals surface area (Å²) in [5, 5.41) is -0.219. The third-order valence-corrected chi connectivity index (χ3v) is 7.59. The number of methoxy groups -OCH3 is 1. The van der Waals surface area contributed by atoms with E-state index >= 15 is 0 Å². The van der Waals surface area contributed by atoms with Crippen LogP contribution < -0.4 is 4.31 Å². The summed E-state index contributed by atoms with van der Waals surface area (Å²) in [5.41, 5.74) is 0.411. The maximum absolute atomic E-state index is 13.8. The first kappa shape index (κ1) is 27.7. The monoisotopic (exact) mass is 541 g/mol. The standard InChI is InChI=1S/C24H29ClFN3O6S/c1-24(2,3)35-23(31)27-11-13-28(14-12-27)36(32,33)29(19-9-10-21(26)20(25)15-19)16-17-5-7-18(8-6-17)22(30)34-4/h5-10,15H,11-14,16H2,1-4H3. The number of hydrogen-bond acceptors (Lipinski definition) is 6. The van der Waals surface area contributed by atoms with Gasteiger partial charge in [-0.25, -0.2) is 14.0 Å². The van der Waals surface area contributed by atoms with Crippen molar-refractivity contribution in [1.29, 1.82) is 0 Å². The number of rotatable bonds is 6. The van der Waals surface area contributed by atoms with Gasteiger partial charge in [0.15, 0.2) is 0 Å². The molecule has 36 heavy (non-hydrogen) atoms. The fourth-order valence-corrected chi connectivity index (χ4v) is 5.31. The zero-order valence-corrected chi connectivity index (χ0v) is 22.1. The van der Waals surface area contributed by atoms with Crippen LogP contribution in [0.15, 0.2) is 42.5 Å². The van der Waals surface area contributed by atoms with Crippen LogP contribution in [0.25, 0.3) is 0 Å². The lowest BCUT2D eigenvalue weighted by Gasteiger charge is -2.37. The number of hydrogen-bond donors (Lipinski definition) is 0. The maximum atomic E-state index is 13.8. The Morgan fingerprint density at radius 3 is 2.19 bits per heavy atom. The molecule has 9 nitrogen and oxygen atoms in total. The largest absolute Gasteiger partial charge is 0.465 e. The third-order valence-electron chi connectivity index (χ3n) is 5.39. The van der Waals surface area contributed by atoms with Crippen molar-refractivity contribution in [3.63, 3.8) is 0 Å². The van der Waals surface area contributed by atoms with Crippen LogP contribution in [0.5, 0.6) is 0 Å². The van der Waals surface area contributed by atoms with Crippen molar-refractivity contribution >= 4 is 39.6 Å². The van der Waals surface area contributed by atoms with E-state index in [1.54, 1.807) is 32.9 Å². The number of nitrogens with zero attached hydrogens (tertiary/aromatic N) is 3. The van der Waals surface area contributed by atoms with Gasteiger partial charge in [0.2, 0.25) is 0 Å². The van der Waals surface area contributed by atoms with Gasteiger partial charge in [0.1, 0.15) is 11.4 Å². The van der Waals surface area contributed by atoms with E-state index in [-0.39, 0.29) is 43.4 Å². The molecule has 0 aliphatic carbocycles. The smallest absolute Gasteiger partial charge is 0.410 e. The number of piperazine rings is 1. The highest BCUT2D eigenvalue weighted by atomic mass is 35.5. The van der Waals surface area contributed by atoms with Crippen molar-refractivity contribution in [2.75, 3.05) is 37.6 Å². The molecule has 0 spiro atoms. The zero-order valence-electron chi connectivity index (χ0n) is 20.5. The molecule has 0 N–H and O–H groups in total. The SMILES string of the molecule is COC(=O)c1ccc(CN(c2ccc(F)c(Cl)c2)S(=O)(=O)N2CCN(C(=O)OC(C)(C)C)CC2)cc1. The first-order valence-electron chi connectivity index (χ1n) is 11.2. The van der Waals surface area contributed by atoms with E-state index in [9.17, 15) is 22.4 Å². The summed E-state index contributed by atoms with van der Waals surface area (Å²) >= 11 is 5.96. The van der Waals surface area contributed by atoms with E-state index in [0.29, 0.717) is 11.1 Å². The molecule has 0 unspecified atom stereocenters. The lowest BCUT2D eigenvalue weighted by Crippen LogP contribution is -2.54. The van der Waals surface area contributed by atoms with Crippen LogP contribution >= 0.6 is 11.6 Å². The Bertz CT molecular complexity index is 1210. The van der Waals surface area contributed by atoms with Crippen molar-refractivity contribution in [2.45, 2.75) is 32.9 Å². The van der Waals surface area contributed by atoms with Gasteiger partial charge in [-0.3, -0.25) is 4.31 Å². The number of carbonyl (C=O) groups excluding carboxylic acids is 2. The van der Waals surface area contributed by atoms with Gasteiger partial charge < -0.3 is 14.4 Å². The molecule has 196 valence electrons. The molecule has 1 aliphatic heterocycles. The molecule has 2 aromatic rings. The average Bonchev–Trinajstić information content (AvgIpc) is 2.83. The van der Waals surface area contributed by atoms with Crippen molar-refractivity contribution in [1.82, 2.24) is 9.21 Å². The summed E-state index contributed by atoms with van der Waals surface area (Å²) < 4.78 is 53.7. The predicted octanol–water partition coefficient (Wildman–Crippen LogP) is 4.07. The van der Waals surface area contributed by atoms with Gasteiger partial charge in [0.05, 0.1) is 29.9 Å². The van der Waals surface area contributed by atoms with Gasteiger partial charge in [-0.1, -0.05) is 23.7 Å². The lowest BCUT2D eigenvalue weighted by atomic mass is 10.1. The molecule has 0 atom stereocenters. The second-order valence-electron chi connectivity index (χ2n) is 9.17. The third kappa shape index (κ3) is 6.65. The highest BCUT2D eigenvalue weighted by Crippen LogP contribution is 2.28. The van der Waals surface area contributed by atoms with Crippen LogP contribution in [0, 0.1) is 5.82 Å². The highest BCUT2D eigenvalue weighted by molar-refractivity contribution is 7.90. The minimum Gasteiger partial charge on any atom is -0.465 e. The molecular weight excluding hydrogens is 513 g/mol. The Morgan fingerprint density at radius 1 is 1.06 bits per heavy atom. The number of esters is 1. The molecule has 1 fully saturated rings. The first-order chi connectivity index (χ1) is 16.8. The van der Waals surface area contributed by atoms with Crippen LogP contribution in [0.2, 0.25) is 5.02 Å². The molecule has 2 aromatic carbocycles. The van der Waals surface area contributed by atoms with Crippen LogP contribution in [0.3, 0.4) is 0 Å².